The van der Waals surface area contributed by atoms with E-state index < -0.39 is 4.92 Å². The minimum atomic E-state index is -0.406. The summed E-state index contributed by atoms with van der Waals surface area (Å²) in [6.45, 7) is 2.23. The van der Waals surface area contributed by atoms with E-state index in [1.165, 1.54) is 12.1 Å². The molecule has 0 bridgehead atoms. The van der Waals surface area contributed by atoms with Crippen molar-refractivity contribution in [3.8, 4) is 11.3 Å². The van der Waals surface area contributed by atoms with Gasteiger partial charge >= 0.3 is 0 Å². The Hall–Kier alpha value is -3.59. The quantitative estimate of drug-likeness (QED) is 0.299. The van der Waals surface area contributed by atoms with Crippen LogP contribution in [0.4, 0.5) is 17.5 Å². The highest BCUT2D eigenvalue weighted by Crippen LogP contribution is 2.21. The van der Waals surface area contributed by atoms with Crippen LogP contribution in [-0.4, -0.2) is 52.0 Å². The first-order valence-corrected chi connectivity index (χ1v) is 9.66. The SMILES string of the molecule is CN(C)CCCNc1nc(NCc2ccc([N+](=O)[O-])cc2)cc(-c2ccncc2)n1. The highest BCUT2D eigenvalue weighted by molar-refractivity contribution is 5.64. The van der Waals surface area contributed by atoms with Gasteiger partial charge in [0.15, 0.2) is 0 Å². The standard InChI is InChI=1S/C21H25N7O2/c1-27(2)13-3-10-23-21-25-19(17-8-11-22-12-9-17)14-20(26-21)24-15-16-4-6-18(7-5-16)28(29)30/h4-9,11-12,14H,3,10,13,15H2,1-2H3,(H2,23,24,25,26). The molecule has 0 aliphatic rings. The van der Waals surface area contributed by atoms with Crippen LogP contribution in [0, 0.1) is 10.1 Å². The van der Waals surface area contributed by atoms with Gasteiger partial charge in [0.2, 0.25) is 5.95 Å². The molecule has 9 nitrogen and oxygen atoms in total. The Bertz CT molecular complexity index is 963. The smallest absolute Gasteiger partial charge is 0.269 e. The summed E-state index contributed by atoms with van der Waals surface area (Å²) in [7, 11) is 4.08. The fourth-order valence-electron chi connectivity index (χ4n) is 2.81. The van der Waals surface area contributed by atoms with E-state index in [4.69, 9.17) is 0 Å². The van der Waals surface area contributed by atoms with E-state index in [1.807, 2.05) is 32.3 Å². The van der Waals surface area contributed by atoms with Gasteiger partial charge < -0.3 is 15.5 Å². The van der Waals surface area contributed by atoms with Gasteiger partial charge in [-0.25, -0.2) is 4.98 Å². The molecular formula is C21H25N7O2. The van der Waals surface area contributed by atoms with Crippen molar-refractivity contribution in [2.45, 2.75) is 13.0 Å². The number of nitrogens with one attached hydrogen (secondary N) is 2. The number of anilines is 2. The summed E-state index contributed by atoms with van der Waals surface area (Å²) in [4.78, 5) is 25.8. The summed E-state index contributed by atoms with van der Waals surface area (Å²) in [6, 6.07) is 12.1. The van der Waals surface area contributed by atoms with Crippen molar-refractivity contribution in [3.05, 3.63) is 70.5 Å². The Morgan fingerprint density at radius 2 is 1.77 bits per heavy atom. The molecule has 2 aromatic heterocycles. The highest BCUT2D eigenvalue weighted by atomic mass is 16.6. The molecule has 0 radical (unpaired) electrons. The predicted octanol–water partition coefficient (Wildman–Crippen LogP) is 3.42. The topological polar surface area (TPSA) is 109 Å². The van der Waals surface area contributed by atoms with E-state index in [0.29, 0.717) is 18.3 Å². The molecule has 0 amide bonds. The molecule has 0 atom stereocenters. The number of nitro groups is 1. The van der Waals surface area contributed by atoms with Crippen LogP contribution in [0.3, 0.4) is 0 Å². The second-order valence-electron chi connectivity index (χ2n) is 7.06. The van der Waals surface area contributed by atoms with Gasteiger partial charge in [-0.15, -0.1) is 0 Å². The van der Waals surface area contributed by atoms with Crippen molar-refractivity contribution in [1.82, 2.24) is 19.9 Å². The number of nitrogens with zero attached hydrogens (tertiary/aromatic N) is 5. The van der Waals surface area contributed by atoms with Gasteiger partial charge in [0.1, 0.15) is 5.82 Å². The van der Waals surface area contributed by atoms with Crippen LogP contribution in [0.5, 0.6) is 0 Å². The van der Waals surface area contributed by atoms with Gasteiger partial charge in [-0.1, -0.05) is 12.1 Å². The Labute approximate surface area is 175 Å². The molecule has 0 aliphatic carbocycles. The lowest BCUT2D eigenvalue weighted by atomic mass is 10.2. The number of nitro benzene ring substituents is 1. The van der Waals surface area contributed by atoms with Crippen molar-refractivity contribution >= 4 is 17.5 Å². The maximum absolute atomic E-state index is 10.8. The molecule has 2 heterocycles. The third-order valence-electron chi connectivity index (χ3n) is 4.39. The van der Waals surface area contributed by atoms with Crippen molar-refractivity contribution < 1.29 is 4.92 Å². The zero-order valence-electron chi connectivity index (χ0n) is 17.1. The number of pyridine rings is 1. The average Bonchev–Trinajstić information content (AvgIpc) is 2.76. The lowest BCUT2D eigenvalue weighted by Gasteiger charge is -2.13. The molecule has 3 aromatic rings. The summed E-state index contributed by atoms with van der Waals surface area (Å²) in [5.74, 6) is 1.22. The van der Waals surface area contributed by atoms with Crippen molar-refractivity contribution in [2.24, 2.45) is 0 Å². The third-order valence-corrected chi connectivity index (χ3v) is 4.39. The van der Waals surface area contributed by atoms with Gasteiger partial charge in [0, 0.05) is 49.2 Å². The predicted molar refractivity (Wildman–Crippen MR) is 117 cm³/mol. The molecule has 9 heteroatoms. The van der Waals surface area contributed by atoms with Gasteiger partial charge in [0.05, 0.1) is 10.6 Å². The van der Waals surface area contributed by atoms with Crippen LogP contribution >= 0.6 is 0 Å². The monoisotopic (exact) mass is 407 g/mol. The van der Waals surface area contributed by atoms with E-state index >= 15 is 0 Å². The summed E-state index contributed by atoms with van der Waals surface area (Å²) in [6.07, 6.45) is 4.43. The highest BCUT2D eigenvalue weighted by Gasteiger charge is 2.08. The number of hydrogen-bond donors (Lipinski definition) is 2. The number of rotatable bonds is 10. The first kappa shape index (κ1) is 21.1. The molecule has 0 saturated heterocycles. The molecule has 2 N–H and O–H groups in total. The molecule has 30 heavy (non-hydrogen) atoms. The van der Waals surface area contributed by atoms with Gasteiger partial charge in [-0.3, -0.25) is 15.1 Å². The Kier molecular flexibility index (Phi) is 7.23. The molecule has 0 fully saturated rings. The van der Waals surface area contributed by atoms with Crippen molar-refractivity contribution in [3.63, 3.8) is 0 Å². The minimum absolute atomic E-state index is 0.0740. The number of non-ortho nitro benzene ring substituents is 1. The molecule has 0 aliphatic heterocycles. The van der Waals surface area contributed by atoms with Crippen molar-refractivity contribution in [1.29, 1.82) is 0 Å². The molecule has 3 rings (SSSR count). The summed E-state index contributed by atoms with van der Waals surface area (Å²) < 4.78 is 0. The van der Waals surface area contributed by atoms with E-state index in [0.717, 1.165) is 36.3 Å². The normalized spacial score (nSPS) is 10.8. The van der Waals surface area contributed by atoms with Crippen LogP contribution in [0.15, 0.2) is 54.9 Å². The summed E-state index contributed by atoms with van der Waals surface area (Å²) in [5, 5.41) is 17.4. The first-order valence-electron chi connectivity index (χ1n) is 9.66. The summed E-state index contributed by atoms with van der Waals surface area (Å²) in [5.41, 5.74) is 2.73. The average molecular weight is 407 g/mol. The zero-order chi connectivity index (χ0) is 21.3. The molecule has 156 valence electrons. The first-order chi connectivity index (χ1) is 14.5. The minimum Gasteiger partial charge on any atom is -0.366 e. The van der Waals surface area contributed by atoms with E-state index in [-0.39, 0.29) is 5.69 Å². The maximum Gasteiger partial charge on any atom is 0.269 e. The summed E-state index contributed by atoms with van der Waals surface area (Å²) >= 11 is 0. The lowest BCUT2D eigenvalue weighted by molar-refractivity contribution is -0.384. The molecule has 0 saturated carbocycles. The Balaban J connectivity index is 1.74. The lowest BCUT2D eigenvalue weighted by Crippen LogP contribution is -2.17. The number of benzene rings is 1. The second kappa shape index (κ2) is 10.3. The van der Waals surface area contributed by atoms with Gasteiger partial charge in [0.25, 0.3) is 5.69 Å². The van der Waals surface area contributed by atoms with E-state index in [2.05, 4.69) is 30.5 Å². The zero-order valence-corrected chi connectivity index (χ0v) is 17.1. The second-order valence-corrected chi connectivity index (χ2v) is 7.06. The van der Waals surface area contributed by atoms with E-state index in [1.54, 1.807) is 24.5 Å². The molecular weight excluding hydrogens is 382 g/mol. The molecule has 0 spiro atoms. The molecule has 0 unspecified atom stereocenters. The third kappa shape index (κ3) is 6.21. The number of aromatic nitrogens is 3. The van der Waals surface area contributed by atoms with Crippen LogP contribution in [0.1, 0.15) is 12.0 Å². The van der Waals surface area contributed by atoms with Gasteiger partial charge in [-0.2, -0.15) is 4.98 Å². The fraction of sp³-hybridized carbons (Fsp3) is 0.286. The molecule has 1 aromatic carbocycles. The Morgan fingerprint density at radius 3 is 2.43 bits per heavy atom. The van der Waals surface area contributed by atoms with Crippen LogP contribution in [-0.2, 0) is 6.54 Å². The van der Waals surface area contributed by atoms with E-state index in [9.17, 15) is 10.1 Å². The Morgan fingerprint density at radius 1 is 1.03 bits per heavy atom. The maximum atomic E-state index is 10.8. The van der Waals surface area contributed by atoms with Crippen molar-refractivity contribution in [2.75, 3.05) is 37.8 Å². The van der Waals surface area contributed by atoms with Crippen LogP contribution < -0.4 is 10.6 Å². The fourth-order valence-corrected chi connectivity index (χ4v) is 2.81. The van der Waals surface area contributed by atoms with Gasteiger partial charge in [-0.05, 0) is 44.8 Å². The largest absolute Gasteiger partial charge is 0.366 e. The number of hydrogen-bond acceptors (Lipinski definition) is 8. The van der Waals surface area contributed by atoms with Crippen LogP contribution in [0.2, 0.25) is 0 Å². The van der Waals surface area contributed by atoms with Crippen LogP contribution in [0.25, 0.3) is 11.3 Å².